The van der Waals surface area contributed by atoms with Crippen LogP contribution in [-0.2, 0) is 16.1 Å². The third-order valence-corrected chi connectivity index (χ3v) is 5.31. The summed E-state index contributed by atoms with van der Waals surface area (Å²) in [5.41, 5.74) is 7.95. The fourth-order valence-electron chi connectivity index (χ4n) is 3.48. The molecule has 1 saturated carbocycles. The number of benzene rings is 2. The summed E-state index contributed by atoms with van der Waals surface area (Å²) < 4.78 is 43.7. The van der Waals surface area contributed by atoms with E-state index >= 15 is 0 Å². The van der Waals surface area contributed by atoms with Crippen molar-refractivity contribution in [1.82, 2.24) is 15.1 Å². The summed E-state index contributed by atoms with van der Waals surface area (Å²) in [6, 6.07) is 12.6. The maximum atomic E-state index is 12.5. The number of primary amides is 1. The van der Waals surface area contributed by atoms with E-state index in [0.717, 1.165) is 29.5 Å². The number of carbonyl (C=O) groups is 2. The van der Waals surface area contributed by atoms with Gasteiger partial charge in [-0.2, -0.15) is 18.3 Å². The van der Waals surface area contributed by atoms with E-state index in [1.54, 1.807) is 23.0 Å². The summed E-state index contributed by atoms with van der Waals surface area (Å²) >= 11 is 0. The van der Waals surface area contributed by atoms with Crippen LogP contribution in [0.4, 0.5) is 13.2 Å². The van der Waals surface area contributed by atoms with Gasteiger partial charge in [-0.05, 0) is 42.5 Å². The lowest BCUT2D eigenvalue weighted by Gasteiger charge is -2.19. The monoisotopic (exact) mass is 446 g/mol. The van der Waals surface area contributed by atoms with Crippen molar-refractivity contribution in [3.8, 4) is 5.69 Å². The number of nitrogens with one attached hydrogen (secondary N) is 1. The van der Waals surface area contributed by atoms with Crippen molar-refractivity contribution in [3.63, 3.8) is 0 Å². The molecule has 1 fully saturated rings. The van der Waals surface area contributed by atoms with Gasteiger partial charge in [-0.3, -0.25) is 4.79 Å². The molecule has 1 heterocycles. The highest BCUT2D eigenvalue weighted by molar-refractivity contribution is 6.04. The van der Waals surface area contributed by atoms with Crippen molar-refractivity contribution in [3.05, 3.63) is 59.8 Å². The summed E-state index contributed by atoms with van der Waals surface area (Å²) in [7, 11) is 0. The zero-order valence-corrected chi connectivity index (χ0v) is 16.9. The van der Waals surface area contributed by atoms with E-state index in [4.69, 9.17) is 5.73 Å². The standard InChI is InChI=1S/C22H21F3N4O3/c23-22(24,25)21(31)32-18(14-6-7-14)11-27-10-13-4-8-16(9-5-13)29-12-15-2-1-3-17(20(26)30)19(15)28-29/h1-5,8-9,12,14,18,27H,6-7,10-11H2,(H2,26,30). The Kier molecular flexibility index (Phi) is 5.88. The number of carbonyl (C=O) groups excluding carboxylic acids is 2. The molecule has 3 N–H and O–H groups in total. The third-order valence-electron chi connectivity index (χ3n) is 5.31. The average molecular weight is 446 g/mol. The first-order valence-electron chi connectivity index (χ1n) is 10.1. The molecule has 0 aliphatic heterocycles. The smallest absolute Gasteiger partial charge is 0.454 e. The minimum absolute atomic E-state index is 0.0320. The van der Waals surface area contributed by atoms with E-state index in [9.17, 15) is 22.8 Å². The van der Waals surface area contributed by atoms with Gasteiger partial charge in [0.15, 0.2) is 0 Å². The Morgan fingerprint density at radius 2 is 1.91 bits per heavy atom. The van der Waals surface area contributed by atoms with Crippen molar-refractivity contribution >= 4 is 22.8 Å². The molecule has 1 unspecified atom stereocenters. The van der Waals surface area contributed by atoms with E-state index < -0.39 is 24.2 Å². The van der Waals surface area contributed by atoms with Gasteiger partial charge in [-0.25, -0.2) is 9.48 Å². The topological polar surface area (TPSA) is 99.2 Å². The first kappa shape index (κ1) is 21.8. The summed E-state index contributed by atoms with van der Waals surface area (Å²) in [6.45, 7) is 0.550. The Morgan fingerprint density at radius 1 is 1.19 bits per heavy atom. The van der Waals surface area contributed by atoms with Crippen molar-refractivity contribution in [2.24, 2.45) is 11.7 Å². The van der Waals surface area contributed by atoms with Gasteiger partial charge in [0.05, 0.1) is 11.3 Å². The number of halogens is 3. The Hall–Kier alpha value is -3.40. The second-order valence-corrected chi connectivity index (χ2v) is 7.76. The molecule has 1 aliphatic carbocycles. The van der Waals surface area contributed by atoms with E-state index in [1.807, 2.05) is 30.3 Å². The molecule has 0 radical (unpaired) electrons. The summed E-state index contributed by atoms with van der Waals surface area (Å²) in [4.78, 5) is 22.7. The summed E-state index contributed by atoms with van der Waals surface area (Å²) in [6.07, 6.45) is -2.48. The van der Waals surface area contributed by atoms with Gasteiger partial charge in [0.25, 0.3) is 5.91 Å². The normalized spacial score (nSPS) is 15.0. The van der Waals surface area contributed by atoms with Gasteiger partial charge >= 0.3 is 12.1 Å². The number of nitrogens with two attached hydrogens (primary N) is 1. The van der Waals surface area contributed by atoms with Gasteiger partial charge in [-0.15, -0.1) is 0 Å². The highest BCUT2D eigenvalue weighted by atomic mass is 19.4. The number of amides is 1. The molecule has 7 nitrogen and oxygen atoms in total. The first-order valence-corrected chi connectivity index (χ1v) is 10.1. The minimum Gasteiger partial charge on any atom is -0.454 e. The minimum atomic E-state index is -4.99. The molecule has 3 aromatic rings. The predicted octanol–water partition coefficient (Wildman–Crippen LogP) is 3.10. The van der Waals surface area contributed by atoms with Crippen LogP contribution in [0.3, 0.4) is 0 Å². The number of aromatic nitrogens is 2. The third kappa shape index (κ3) is 4.91. The number of esters is 1. The Bertz CT molecular complexity index is 1140. The zero-order chi connectivity index (χ0) is 22.9. The van der Waals surface area contributed by atoms with Crippen LogP contribution in [0.15, 0.2) is 48.7 Å². The molecule has 1 atom stereocenters. The van der Waals surface area contributed by atoms with Crippen molar-refractivity contribution in [2.45, 2.75) is 31.7 Å². The Morgan fingerprint density at radius 3 is 2.53 bits per heavy atom. The van der Waals surface area contributed by atoms with Gasteiger partial charge in [-0.1, -0.05) is 24.3 Å². The molecule has 1 aromatic heterocycles. The number of nitrogens with zero attached hydrogens (tertiary/aromatic N) is 2. The largest absolute Gasteiger partial charge is 0.490 e. The van der Waals surface area contributed by atoms with Crippen LogP contribution in [0.1, 0.15) is 28.8 Å². The lowest BCUT2D eigenvalue weighted by Crippen LogP contribution is -2.37. The van der Waals surface area contributed by atoms with Crippen LogP contribution >= 0.6 is 0 Å². The maximum absolute atomic E-state index is 12.5. The van der Waals surface area contributed by atoms with E-state index in [-0.39, 0.29) is 12.5 Å². The number of rotatable bonds is 8. The Labute approximate surface area is 181 Å². The van der Waals surface area contributed by atoms with Crippen molar-refractivity contribution in [1.29, 1.82) is 0 Å². The number of fused-ring (bicyclic) bond motifs is 1. The molecule has 0 saturated heterocycles. The quantitative estimate of drug-likeness (QED) is 0.518. The molecule has 1 aliphatic rings. The van der Waals surface area contributed by atoms with Gasteiger partial charge in [0.1, 0.15) is 11.6 Å². The molecule has 0 spiro atoms. The predicted molar refractivity (Wildman–Crippen MR) is 110 cm³/mol. The van der Waals surface area contributed by atoms with Crippen LogP contribution in [0.5, 0.6) is 0 Å². The number of hydrogen-bond acceptors (Lipinski definition) is 5. The van der Waals surface area contributed by atoms with Crippen LogP contribution in [0.2, 0.25) is 0 Å². The number of ether oxygens (including phenoxy) is 1. The fraction of sp³-hybridized carbons (Fsp3) is 0.318. The summed E-state index contributed by atoms with van der Waals surface area (Å²) in [5, 5.41) is 8.30. The van der Waals surface area contributed by atoms with Crippen LogP contribution in [0.25, 0.3) is 16.6 Å². The number of alkyl halides is 3. The molecule has 10 heteroatoms. The molecule has 168 valence electrons. The van der Waals surface area contributed by atoms with Gasteiger partial charge in [0, 0.05) is 24.7 Å². The molecule has 4 rings (SSSR count). The van der Waals surface area contributed by atoms with Crippen LogP contribution < -0.4 is 11.1 Å². The lowest BCUT2D eigenvalue weighted by atomic mass is 10.1. The van der Waals surface area contributed by atoms with E-state index in [0.29, 0.717) is 17.6 Å². The molecule has 32 heavy (non-hydrogen) atoms. The Balaban J connectivity index is 1.38. The maximum Gasteiger partial charge on any atom is 0.490 e. The average Bonchev–Trinajstić information content (AvgIpc) is 3.50. The molecule has 2 aromatic carbocycles. The zero-order valence-electron chi connectivity index (χ0n) is 16.9. The molecular weight excluding hydrogens is 425 g/mol. The number of hydrogen-bond donors (Lipinski definition) is 2. The lowest BCUT2D eigenvalue weighted by molar-refractivity contribution is -0.205. The molecule has 0 bridgehead atoms. The SMILES string of the molecule is NC(=O)c1cccc2cn(-c3ccc(CNCC(OC(=O)C(F)(F)F)C4CC4)cc3)nc12. The first-order chi connectivity index (χ1) is 15.2. The molecular formula is C22H21F3N4O3. The highest BCUT2D eigenvalue weighted by Crippen LogP contribution is 2.35. The van der Waals surface area contributed by atoms with Crippen molar-refractivity contribution in [2.75, 3.05) is 6.54 Å². The van der Waals surface area contributed by atoms with Crippen LogP contribution in [0, 0.1) is 5.92 Å². The van der Waals surface area contributed by atoms with Crippen LogP contribution in [-0.4, -0.2) is 40.5 Å². The second kappa shape index (κ2) is 8.62. The van der Waals surface area contributed by atoms with Crippen molar-refractivity contribution < 1.29 is 27.5 Å². The highest BCUT2D eigenvalue weighted by Gasteiger charge is 2.44. The fourth-order valence-corrected chi connectivity index (χ4v) is 3.48. The summed E-state index contributed by atoms with van der Waals surface area (Å²) in [5.74, 6) is -2.73. The van der Waals surface area contributed by atoms with E-state index in [1.165, 1.54) is 0 Å². The van der Waals surface area contributed by atoms with Gasteiger partial charge in [0.2, 0.25) is 0 Å². The second-order valence-electron chi connectivity index (χ2n) is 7.76. The van der Waals surface area contributed by atoms with Gasteiger partial charge < -0.3 is 15.8 Å². The molecule has 1 amide bonds. The van der Waals surface area contributed by atoms with E-state index in [2.05, 4.69) is 15.2 Å².